The predicted molar refractivity (Wildman–Crippen MR) is 111 cm³/mol. The third-order valence-corrected chi connectivity index (χ3v) is 4.14. The van der Waals surface area contributed by atoms with E-state index < -0.39 is 0 Å². The zero-order valence-corrected chi connectivity index (χ0v) is 16.8. The van der Waals surface area contributed by atoms with E-state index in [0.717, 1.165) is 12.1 Å². The minimum Gasteiger partial charge on any atom is -0.493 e. The molecule has 2 aromatic carbocycles. The molecule has 1 heterocycles. The molecule has 0 saturated carbocycles. The third kappa shape index (κ3) is 5.32. The van der Waals surface area contributed by atoms with E-state index in [4.69, 9.17) is 21.1 Å². The Kier molecular flexibility index (Phi) is 6.80. The number of nitrogens with one attached hydrogen (secondary N) is 1. The molecule has 3 aromatic rings. The Labute approximate surface area is 173 Å². The Morgan fingerprint density at radius 1 is 1.31 bits per heavy atom. The van der Waals surface area contributed by atoms with Crippen molar-refractivity contribution in [1.29, 1.82) is 0 Å². The van der Waals surface area contributed by atoms with Gasteiger partial charge in [0.05, 0.1) is 24.4 Å². The number of nitrogens with zero attached hydrogens (tertiary/aromatic N) is 4. The van der Waals surface area contributed by atoms with Gasteiger partial charge in [0.2, 0.25) is 5.91 Å². The van der Waals surface area contributed by atoms with Gasteiger partial charge in [-0.2, -0.15) is 0 Å². The van der Waals surface area contributed by atoms with Crippen LogP contribution in [-0.2, 0) is 4.79 Å². The number of halogens is 1. The van der Waals surface area contributed by atoms with Crippen LogP contribution in [0, 0.1) is 0 Å². The van der Waals surface area contributed by atoms with Gasteiger partial charge < -0.3 is 14.8 Å². The molecule has 9 heteroatoms. The SMILES string of the molecule is CCCOc1c(Cl)cc(/C=C/C(=O)Nc2cccc(-n3cnnn3)c2)cc1OC. The van der Waals surface area contributed by atoms with E-state index in [2.05, 4.69) is 20.8 Å². The summed E-state index contributed by atoms with van der Waals surface area (Å²) in [6, 6.07) is 10.7. The number of tetrazole rings is 1. The second kappa shape index (κ2) is 9.70. The zero-order valence-electron chi connectivity index (χ0n) is 16.0. The van der Waals surface area contributed by atoms with Crippen molar-refractivity contribution in [3.05, 3.63) is 59.4 Å². The van der Waals surface area contributed by atoms with Crippen molar-refractivity contribution >= 4 is 29.3 Å². The van der Waals surface area contributed by atoms with Crippen LogP contribution >= 0.6 is 11.6 Å². The summed E-state index contributed by atoms with van der Waals surface area (Å²) in [6.45, 7) is 2.55. The molecule has 0 atom stereocenters. The number of carbonyl (C=O) groups excluding carboxylic acids is 1. The summed E-state index contributed by atoms with van der Waals surface area (Å²) in [5.74, 6) is 0.720. The lowest BCUT2D eigenvalue weighted by molar-refractivity contribution is -0.111. The van der Waals surface area contributed by atoms with Gasteiger partial charge in [0.25, 0.3) is 0 Å². The molecule has 29 heavy (non-hydrogen) atoms. The summed E-state index contributed by atoms with van der Waals surface area (Å²) in [4.78, 5) is 12.3. The van der Waals surface area contributed by atoms with Crippen LogP contribution in [-0.4, -0.2) is 39.8 Å². The number of benzene rings is 2. The maximum Gasteiger partial charge on any atom is 0.248 e. The standard InChI is InChI=1S/C20H20ClN5O3/c1-3-9-29-20-17(21)10-14(11-18(20)28-2)7-8-19(27)23-15-5-4-6-16(12-15)26-13-22-24-25-26/h4-8,10-13H,3,9H2,1-2H3,(H,23,27)/b8-7+. The topological polar surface area (TPSA) is 91.2 Å². The van der Waals surface area contributed by atoms with Gasteiger partial charge in [-0.15, -0.1) is 5.10 Å². The quantitative estimate of drug-likeness (QED) is 0.565. The first-order valence-corrected chi connectivity index (χ1v) is 9.31. The molecule has 1 aromatic heterocycles. The molecule has 1 N–H and O–H groups in total. The van der Waals surface area contributed by atoms with Gasteiger partial charge in [0.1, 0.15) is 6.33 Å². The Bertz CT molecular complexity index is 1010. The van der Waals surface area contributed by atoms with E-state index in [1.54, 1.807) is 43.5 Å². The molecule has 0 saturated heterocycles. The van der Waals surface area contributed by atoms with Crippen LogP contribution in [0.1, 0.15) is 18.9 Å². The fourth-order valence-electron chi connectivity index (χ4n) is 2.54. The first-order valence-electron chi connectivity index (χ1n) is 8.93. The lowest BCUT2D eigenvalue weighted by Gasteiger charge is -2.12. The first-order chi connectivity index (χ1) is 14.1. The van der Waals surface area contributed by atoms with Gasteiger partial charge in [-0.1, -0.05) is 24.6 Å². The van der Waals surface area contributed by atoms with Crippen molar-refractivity contribution in [1.82, 2.24) is 20.2 Å². The highest BCUT2D eigenvalue weighted by atomic mass is 35.5. The van der Waals surface area contributed by atoms with Gasteiger partial charge in [0.15, 0.2) is 11.5 Å². The molecular formula is C20H20ClN5O3. The molecule has 150 valence electrons. The lowest BCUT2D eigenvalue weighted by Crippen LogP contribution is -2.08. The Hall–Kier alpha value is -3.39. The normalized spacial score (nSPS) is 10.9. The summed E-state index contributed by atoms with van der Waals surface area (Å²) in [5, 5.41) is 14.3. The average Bonchev–Trinajstić information content (AvgIpc) is 3.26. The minimum absolute atomic E-state index is 0.291. The van der Waals surface area contributed by atoms with Gasteiger partial charge in [-0.05, 0) is 58.8 Å². The molecule has 0 spiro atoms. The molecule has 8 nitrogen and oxygen atoms in total. The molecule has 0 bridgehead atoms. The summed E-state index contributed by atoms with van der Waals surface area (Å²) in [5.41, 5.74) is 2.07. The van der Waals surface area contributed by atoms with Gasteiger partial charge in [-0.3, -0.25) is 4.79 Å². The molecule has 3 rings (SSSR count). The van der Waals surface area contributed by atoms with Crippen LogP contribution in [0.3, 0.4) is 0 Å². The number of carbonyl (C=O) groups is 1. The molecule has 0 aliphatic rings. The Morgan fingerprint density at radius 2 is 2.17 bits per heavy atom. The van der Waals surface area contributed by atoms with Crippen molar-refractivity contribution in [2.45, 2.75) is 13.3 Å². The Balaban J connectivity index is 1.71. The number of hydrogen-bond donors (Lipinski definition) is 1. The van der Waals surface area contributed by atoms with Crippen LogP contribution < -0.4 is 14.8 Å². The number of rotatable bonds is 8. The van der Waals surface area contributed by atoms with E-state index in [-0.39, 0.29) is 5.91 Å². The first kappa shape index (κ1) is 20.3. The van der Waals surface area contributed by atoms with E-state index in [1.165, 1.54) is 17.1 Å². The maximum absolute atomic E-state index is 12.3. The minimum atomic E-state index is -0.291. The van der Waals surface area contributed by atoms with Crippen LogP contribution in [0.15, 0.2) is 48.8 Å². The molecule has 1 amide bonds. The smallest absolute Gasteiger partial charge is 0.248 e. The van der Waals surface area contributed by atoms with Crippen LogP contribution in [0.4, 0.5) is 5.69 Å². The molecular weight excluding hydrogens is 394 g/mol. The molecule has 0 aliphatic heterocycles. The Morgan fingerprint density at radius 3 is 2.90 bits per heavy atom. The van der Waals surface area contributed by atoms with Crippen LogP contribution in [0.5, 0.6) is 11.5 Å². The van der Waals surface area contributed by atoms with Crippen LogP contribution in [0.2, 0.25) is 5.02 Å². The number of methoxy groups -OCH3 is 1. The fourth-order valence-corrected chi connectivity index (χ4v) is 2.82. The molecule has 0 aliphatic carbocycles. The average molecular weight is 414 g/mol. The van der Waals surface area contributed by atoms with Crippen molar-refractivity contribution in [2.24, 2.45) is 0 Å². The van der Waals surface area contributed by atoms with E-state index in [1.807, 2.05) is 13.0 Å². The number of aromatic nitrogens is 4. The number of ether oxygens (including phenoxy) is 2. The highest BCUT2D eigenvalue weighted by Gasteiger charge is 2.11. The molecule has 0 unspecified atom stereocenters. The van der Waals surface area contributed by atoms with Gasteiger partial charge >= 0.3 is 0 Å². The van der Waals surface area contributed by atoms with Crippen molar-refractivity contribution in [2.75, 3.05) is 19.0 Å². The van der Waals surface area contributed by atoms with Crippen molar-refractivity contribution < 1.29 is 14.3 Å². The maximum atomic E-state index is 12.3. The van der Waals surface area contributed by atoms with E-state index >= 15 is 0 Å². The fraction of sp³-hybridized carbons (Fsp3) is 0.200. The van der Waals surface area contributed by atoms with Crippen molar-refractivity contribution in [3.63, 3.8) is 0 Å². The lowest BCUT2D eigenvalue weighted by atomic mass is 10.2. The highest BCUT2D eigenvalue weighted by Crippen LogP contribution is 2.36. The second-order valence-electron chi connectivity index (χ2n) is 6.01. The summed E-state index contributed by atoms with van der Waals surface area (Å²) < 4.78 is 12.5. The molecule has 0 fully saturated rings. The number of anilines is 1. The largest absolute Gasteiger partial charge is 0.493 e. The third-order valence-electron chi connectivity index (χ3n) is 3.86. The second-order valence-corrected chi connectivity index (χ2v) is 6.42. The summed E-state index contributed by atoms with van der Waals surface area (Å²) in [7, 11) is 1.54. The highest BCUT2D eigenvalue weighted by molar-refractivity contribution is 6.32. The number of amides is 1. The van der Waals surface area contributed by atoms with Gasteiger partial charge in [-0.25, -0.2) is 4.68 Å². The van der Waals surface area contributed by atoms with Gasteiger partial charge in [0, 0.05) is 11.8 Å². The predicted octanol–water partition coefficient (Wildman–Crippen LogP) is 3.77. The van der Waals surface area contributed by atoms with Crippen LogP contribution in [0.25, 0.3) is 11.8 Å². The summed E-state index contributed by atoms with van der Waals surface area (Å²) >= 11 is 6.30. The van der Waals surface area contributed by atoms with Crippen molar-refractivity contribution in [3.8, 4) is 17.2 Å². The molecule has 0 radical (unpaired) electrons. The van der Waals surface area contributed by atoms with E-state index in [0.29, 0.717) is 34.4 Å². The summed E-state index contributed by atoms with van der Waals surface area (Å²) in [6.07, 6.45) is 5.40. The van der Waals surface area contributed by atoms with E-state index in [9.17, 15) is 4.79 Å². The zero-order chi connectivity index (χ0) is 20.6. The number of hydrogen-bond acceptors (Lipinski definition) is 6. The monoisotopic (exact) mass is 413 g/mol.